The second kappa shape index (κ2) is 7.57. The number of sulfonamides is 1. The molecule has 0 aliphatic carbocycles. The maximum absolute atomic E-state index is 12.7. The largest absolute Gasteiger partial charge is 0.346 e. The zero-order chi connectivity index (χ0) is 18.0. The molecule has 3 heterocycles. The maximum Gasteiger partial charge on any atom is 0.261 e. The van der Waals surface area contributed by atoms with Crippen molar-refractivity contribution in [3.63, 3.8) is 0 Å². The molecule has 0 saturated carbocycles. The van der Waals surface area contributed by atoms with Gasteiger partial charge in [-0.3, -0.25) is 4.79 Å². The zero-order valence-corrected chi connectivity index (χ0v) is 16.8. The summed E-state index contributed by atoms with van der Waals surface area (Å²) in [5.41, 5.74) is 0. The zero-order valence-electron chi connectivity index (χ0n) is 14.3. The van der Waals surface area contributed by atoms with Crippen LogP contribution in [-0.4, -0.2) is 31.7 Å². The van der Waals surface area contributed by atoms with Crippen molar-refractivity contribution in [1.82, 2.24) is 9.62 Å². The summed E-state index contributed by atoms with van der Waals surface area (Å²) in [6.07, 6.45) is 1.82. The number of amides is 1. The van der Waals surface area contributed by atoms with Gasteiger partial charge in [-0.15, -0.1) is 22.7 Å². The van der Waals surface area contributed by atoms with Gasteiger partial charge in [0.15, 0.2) is 0 Å². The van der Waals surface area contributed by atoms with Crippen LogP contribution in [0.3, 0.4) is 0 Å². The fourth-order valence-electron chi connectivity index (χ4n) is 2.76. The predicted octanol–water partition coefficient (Wildman–Crippen LogP) is 3.47. The molecular weight excluding hydrogens is 376 g/mol. The highest BCUT2D eigenvalue weighted by atomic mass is 32.2. The van der Waals surface area contributed by atoms with Gasteiger partial charge in [0, 0.05) is 22.8 Å². The van der Waals surface area contributed by atoms with E-state index in [2.05, 4.69) is 12.2 Å². The summed E-state index contributed by atoms with van der Waals surface area (Å²) in [6.45, 7) is 5.63. The fourth-order valence-corrected chi connectivity index (χ4v) is 6.46. The molecule has 0 aromatic carbocycles. The van der Waals surface area contributed by atoms with Crippen molar-refractivity contribution in [3.05, 3.63) is 38.9 Å². The molecule has 5 nitrogen and oxygen atoms in total. The third-order valence-corrected chi connectivity index (χ3v) is 8.81. The smallest absolute Gasteiger partial charge is 0.261 e. The number of aryl methyl sites for hydroxylation is 1. The molecule has 136 valence electrons. The van der Waals surface area contributed by atoms with E-state index in [0.717, 1.165) is 22.6 Å². The minimum Gasteiger partial charge on any atom is -0.346 e. The minimum absolute atomic E-state index is 0.124. The highest BCUT2D eigenvalue weighted by molar-refractivity contribution is 7.91. The molecule has 2 aromatic rings. The van der Waals surface area contributed by atoms with Crippen LogP contribution in [0.2, 0.25) is 0 Å². The summed E-state index contributed by atoms with van der Waals surface area (Å²) < 4.78 is 27.4. The summed E-state index contributed by atoms with van der Waals surface area (Å²) in [7, 11) is -3.41. The monoisotopic (exact) mass is 398 g/mol. The van der Waals surface area contributed by atoms with Gasteiger partial charge in [-0.25, -0.2) is 8.42 Å². The highest BCUT2D eigenvalue weighted by Gasteiger charge is 2.29. The summed E-state index contributed by atoms with van der Waals surface area (Å²) in [5.74, 6) is 0.461. The van der Waals surface area contributed by atoms with Crippen molar-refractivity contribution in [1.29, 1.82) is 0 Å². The molecule has 0 unspecified atom stereocenters. The lowest BCUT2D eigenvalue weighted by atomic mass is 10.0. The van der Waals surface area contributed by atoms with Gasteiger partial charge < -0.3 is 5.32 Å². The minimum atomic E-state index is -3.41. The van der Waals surface area contributed by atoms with Gasteiger partial charge in [-0.2, -0.15) is 4.31 Å². The van der Waals surface area contributed by atoms with E-state index in [1.54, 1.807) is 22.5 Å². The molecule has 25 heavy (non-hydrogen) atoms. The fraction of sp³-hybridized carbons (Fsp3) is 0.471. The lowest BCUT2D eigenvalue weighted by molar-refractivity contribution is 0.0955. The van der Waals surface area contributed by atoms with E-state index in [1.165, 1.54) is 22.7 Å². The first kappa shape index (κ1) is 18.6. The van der Waals surface area contributed by atoms with Crippen molar-refractivity contribution in [3.8, 4) is 0 Å². The molecular formula is C17H22N2O3S3. The Bertz CT molecular complexity index is 846. The number of thiophene rings is 2. The van der Waals surface area contributed by atoms with E-state index in [-0.39, 0.29) is 5.91 Å². The lowest BCUT2D eigenvalue weighted by Gasteiger charge is -2.28. The lowest BCUT2D eigenvalue weighted by Crippen LogP contribution is -2.37. The van der Waals surface area contributed by atoms with Crippen LogP contribution >= 0.6 is 22.7 Å². The van der Waals surface area contributed by atoms with Gasteiger partial charge >= 0.3 is 0 Å². The van der Waals surface area contributed by atoms with Crippen LogP contribution < -0.4 is 5.32 Å². The number of nitrogens with one attached hydrogen (secondary N) is 1. The Balaban J connectivity index is 1.63. The Labute approximate surface area is 156 Å². The number of hydrogen-bond acceptors (Lipinski definition) is 5. The molecule has 0 bridgehead atoms. The van der Waals surface area contributed by atoms with E-state index in [0.29, 0.717) is 34.6 Å². The second-order valence-electron chi connectivity index (χ2n) is 6.40. The summed E-state index contributed by atoms with van der Waals surface area (Å²) in [4.78, 5) is 14.7. The van der Waals surface area contributed by atoms with Crippen molar-refractivity contribution in [2.24, 2.45) is 5.92 Å². The van der Waals surface area contributed by atoms with Gasteiger partial charge in [0.2, 0.25) is 0 Å². The van der Waals surface area contributed by atoms with E-state index in [1.807, 2.05) is 13.0 Å². The molecule has 8 heteroatoms. The Hall–Kier alpha value is -1.22. The number of carbonyl (C=O) groups excluding carboxylic acids is 1. The number of piperidine rings is 1. The second-order valence-corrected chi connectivity index (χ2v) is 11.0. The van der Waals surface area contributed by atoms with E-state index >= 15 is 0 Å². The Morgan fingerprint density at radius 1 is 1.20 bits per heavy atom. The number of rotatable bonds is 5. The maximum atomic E-state index is 12.7. The Morgan fingerprint density at radius 3 is 2.56 bits per heavy atom. The van der Waals surface area contributed by atoms with Gasteiger partial charge in [0.05, 0.1) is 11.4 Å². The molecule has 1 aliphatic heterocycles. The molecule has 0 radical (unpaired) electrons. The third-order valence-electron chi connectivity index (χ3n) is 4.36. The molecule has 2 aromatic heterocycles. The Morgan fingerprint density at radius 2 is 1.92 bits per heavy atom. The van der Waals surface area contributed by atoms with E-state index in [4.69, 9.17) is 0 Å². The normalized spacial score (nSPS) is 16.9. The molecule has 0 atom stereocenters. The summed E-state index contributed by atoms with van der Waals surface area (Å²) in [5, 5.41) is 2.85. The molecule has 0 spiro atoms. The van der Waals surface area contributed by atoms with E-state index < -0.39 is 10.0 Å². The molecule has 3 rings (SSSR count). The van der Waals surface area contributed by atoms with Crippen LogP contribution in [0.25, 0.3) is 0 Å². The molecule has 1 aliphatic rings. The number of nitrogens with zero attached hydrogens (tertiary/aromatic N) is 1. The standard InChI is InChI=1S/C17H22N2O3S3/c1-12-7-9-19(10-8-12)25(21,22)16-6-4-14(24-16)11-18-17(20)15-5-3-13(2)23-15/h3-6,12H,7-11H2,1-2H3,(H,18,20). The predicted molar refractivity (Wildman–Crippen MR) is 102 cm³/mol. The Kier molecular flexibility index (Phi) is 5.62. The van der Waals surface area contributed by atoms with Crippen molar-refractivity contribution < 1.29 is 13.2 Å². The number of hydrogen-bond donors (Lipinski definition) is 1. The first-order valence-corrected chi connectivity index (χ1v) is 11.4. The van der Waals surface area contributed by atoms with Crippen molar-refractivity contribution in [2.75, 3.05) is 13.1 Å². The third kappa shape index (κ3) is 4.31. The van der Waals surface area contributed by atoms with Crippen molar-refractivity contribution in [2.45, 2.75) is 37.4 Å². The van der Waals surface area contributed by atoms with Crippen LogP contribution in [0.5, 0.6) is 0 Å². The first-order valence-electron chi connectivity index (χ1n) is 8.30. The van der Waals surface area contributed by atoms with Crippen LogP contribution in [0, 0.1) is 12.8 Å². The molecule has 1 fully saturated rings. The van der Waals surface area contributed by atoms with Crippen LogP contribution in [0.1, 0.15) is 39.2 Å². The quantitative estimate of drug-likeness (QED) is 0.839. The highest BCUT2D eigenvalue weighted by Crippen LogP contribution is 2.28. The molecule has 1 amide bonds. The molecule has 1 saturated heterocycles. The van der Waals surface area contributed by atoms with E-state index in [9.17, 15) is 13.2 Å². The average Bonchev–Trinajstić information content (AvgIpc) is 3.22. The van der Waals surface area contributed by atoms with Gasteiger partial charge in [0.25, 0.3) is 15.9 Å². The van der Waals surface area contributed by atoms with Gasteiger partial charge in [0.1, 0.15) is 4.21 Å². The topological polar surface area (TPSA) is 66.5 Å². The SMILES string of the molecule is Cc1ccc(C(=O)NCc2ccc(S(=O)(=O)N3CCC(C)CC3)s2)s1. The summed E-state index contributed by atoms with van der Waals surface area (Å²) in [6, 6.07) is 7.14. The number of carbonyl (C=O) groups is 1. The molecule has 1 N–H and O–H groups in total. The van der Waals surface area contributed by atoms with Gasteiger partial charge in [-0.1, -0.05) is 6.92 Å². The van der Waals surface area contributed by atoms with Gasteiger partial charge in [-0.05, 0) is 49.9 Å². The first-order chi connectivity index (χ1) is 11.9. The van der Waals surface area contributed by atoms with Crippen LogP contribution in [0.15, 0.2) is 28.5 Å². The van der Waals surface area contributed by atoms with Crippen LogP contribution in [0.4, 0.5) is 0 Å². The van der Waals surface area contributed by atoms with Crippen LogP contribution in [-0.2, 0) is 16.6 Å². The average molecular weight is 399 g/mol. The van der Waals surface area contributed by atoms with Crippen molar-refractivity contribution >= 4 is 38.6 Å². The summed E-state index contributed by atoms with van der Waals surface area (Å²) >= 11 is 2.68.